The first-order chi connectivity index (χ1) is 10.9. The van der Waals surface area contributed by atoms with Crippen LogP contribution in [0.4, 0.5) is 0 Å². The Balaban J connectivity index is 1.98. The molecule has 23 heavy (non-hydrogen) atoms. The van der Waals surface area contributed by atoms with E-state index in [1.165, 1.54) is 16.7 Å². The Morgan fingerprint density at radius 1 is 1.35 bits per heavy atom. The summed E-state index contributed by atoms with van der Waals surface area (Å²) in [6, 6.07) is 0. The summed E-state index contributed by atoms with van der Waals surface area (Å²) in [4.78, 5) is 35.5. The Labute approximate surface area is 137 Å². The smallest absolute Gasteiger partial charge is 0.355 e. The molecule has 7 nitrogen and oxygen atoms in total. The average Bonchev–Trinajstić information content (AvgIpc) is 2.96. The van der Waals surface area contributed by atoms with Gasteiger partial charge in [-0.3, -0.25) is 4.79 Å². The maximum Gasteiger partial charge on any atom is 0.355 e. The molecule has 0 saturated carbocycles. The number of rotatable bonds is 6. The lowest BCUT2D eigenvalue weighted by Gasteiger charge is -2.11. The van der Waals surface area contributed by atoms with Crippen molar-refractivity contribution in [3.8, 4) is 0 Å². The number of hydrogen-bond donors (Lipinski definition) is 2. The molecule has 2 aromatic heterocycles. The van der Waals surface area contributed by atoms with Gasteiger partial charge in [-0.05, 0) is 12.8 Å². The zero-order valence-corrected chi connectivity index (χ0v) is 14.0. The van der Waals surface area contributed by atoms with Crippen LogP contribution in [0, 0.1) is 6.92 Å². The molecule has 2 heterocycles. The number of hydrogen-bond acceptors (Lipinski definition) is 6. The first-order valence-electron chi connectivity index (χ1n) is 7.18. The molecule has 0 fully saturated rings. The van der Waals surface area contributed by atoms with Gasteiger partial charge in [-0.1, -0.05) is 13.8 Å². The topological polar surface area (TPSA) is 105 Å². The van der Waals surface area contributed by atoms with Gasteiger partial charge in [0.15, 0.2) is 5.69 Å². The molecule has 2 N–H and O–H groups in total. The number of aromatic carboxylic acids is 1. The number of nitrogens with one attached hydrogen (secondary N) is 1. The summed E-state index contributed by atoms with van der Waals surface area (Å²) in [5.74, 6) is -0.526. The van der Waals surface area contributed by atoms with Gasteiger partial charge >= 0.3 is 5.97 Å². The lowest BCUT2D eigenvalue weighted by molar-refractivity contribution is 0.0690. The highest BCUT2D eigenvalue weighted by Gasteiger charge is 2.16. The summed E-state index contributed by atoms with van der Waals surface area (Å²) in [5.41, 5.74) is 1.22. The second-order valence-corrected chi connectivity index (χ2v) is 6.25. The molecule has 0 radical (unpaired) electrons. The normalized spacial score (nSPS) is 10.8. The molecular formula is C15H18N4O3S. The Hall–Kier alpha value is -2.35. The fourth-order valence-electron chi connectivity index (χ4n) is 2.00. The summed E-state index contributed by atoms with van der Waals surface area (Å²) in [6.07, 6.45) is 2.02. The molecule has 2 aromatic rings. The fraction of sp³-hybridized carbons (Fsp3) is 0.400. The number of carbonyl (C=O) groups is 2. The Morgan fingerprint density at radius 2 is 2.09 bits per heavy atom. The predicted octanol–water partition coefficient (Wildman–Crippen LogP) is 2.04. The van der Waals surface area contributed by atoms with Crippen LogP contribution < -0.4 is 5.32 Å². The van der Waals surface area contributed by atoms with Crippen LogP contribution in [-0.2, 0) is 6.42 Å². The minimum absolute atomic E-state index is 0.0327. The summed E-state index contributed by atoms with van der Waals surface area (Å²) < 4.78 is 0. The molecular weight excluding hydrogens is 316 g/mol. The first kappa shape index (κ1) is 17.0. The van der Waals surface area contributed by atoms with Crippen LogP contribution in [0.3, 0.4) is 0 Å². The lowest BCUT2D eigenvalue weighted by Crippen LogP contribution is -2.27. The minimum Gasteiger partial charge on any atom is -0.476 e. The molecule has 1 amide bonds. The maximum atomic E-state index is 12.3. The van der Waals surface area contributed by atoms with Crippen molar-refractivity contribution in [2.75, 3.05) is 6.54 Å². The number of aromatic nitrogens is 3. The number of thiazole rings is 1. The van der Waals surface area contributed by atoms with E-state index in [1.54, 1.807) is 13.1 Å². The van der Waals surface area contributed by atoms with Gasteiger partial charge in [0, 0.05) is 24.5 Å². The molecule has 0 aliphatic rings. The second-order valence-electron chi connectivity index (χ2n) is 5.31. The van der Waals surface area contributed by atoms with Crippen molar-refractivity contribution >= 4 is 23.2 Å². The van der Waals surface area contributed by atoms with Gasteiger partial charge in [-0.25, -0.2) is 19.7 Å². The molecule has 0 spiro atoms. The molecule has 8 heteroatoms. The van der Waals surface area contributed by atoms with Gasteiger partial charge in [-0.15, -0.1) is 11.3 Å². The number of carboxylic acids is 1. The minimum atomic E-state index is -1.05. The Bertz CT molecular complexity index is 727. The zero-order chi connectivity index (χ0) is 17.0. The Kier molecular flexibility index (Phi) is 5.38. The van der Waals surface area contributed by atoms with E-state index in [-0.39, 0.29) is 17.5 Å². The van der Waals surface area contributed by atoms with Crippen LogP contribution in [0.25, 0.3) is 0 Å². The number of carbonyl (C=O) groups excluding carboxylic acids is 1. The standard InChI is InChI=1S/C15H18N4O3S/c1-8(2)13-10(6-17-9(3)18-13)14(20)16-5-4-12-19-11(7-23-12)15(21)22/h6-8H,4-5H2,1-3H3,(H,16,20)(H,21,22). The molecule has 0 bridgehead atoms. The lowest BCUT2D eigenvalue weighted by atomic mass is 10.0. The van der Waals surface area contributed by atoms with Crippen molar-refractivity contribution < 1.29 is 14.7 Å². The van der Waals surface area contributed by atoms with Crippen molar-refractivity contribution in [1.29, 1.82) is 0 Å². The number of aryl methyl sites for hydroxylation is 1. The van der Waals surface area contributed by atoms with Crippen molar-refractivity contribution in [3.05, 3.63) is 39.4 Å². The van der Waals surface area contributed by atoms with Crippen molar-refractivity contribution in [2.24, 2.45) is 0 Å². The van der Waals surface area contributed by atoms with E-state index in [0.29, 0.717) is 29.4 Å². The summed E-state index contributed by atoms with van der Waals surface area (Å²) in [6.45, 7) is 6.11. The van der Waals surface area contributed by atoms with Crippen molar-refractivity contribution in [3.63, 3.8) is 0 Å². The van der Waals surface area contributed by atoms with E-state index in [9.17, 15) is 9.59 Å². The summed E-state index contributed by atoms with van der Waals surface area (Å²) in [5, 5.41) is 13.8. The van der Waals surface area contributed by atoms with Crippen LogP contribution in [0.15, 0.2) is 11.6 Å². The largest absolute Gasteiger partial charge is 0.476 e. The van der Waals surface area contributed by atoms with Gasteiger partial charge in [0.25, 0.3) is 5.91 Å². The van der Waals surface area contributed by atoms with Gasteiger partial charge < -0.3 is 10.4 Å². The van der Waals surface area contributed by atoms with E-state index in [4.69, 9.17) is 5.11 Å². The van der Waals surface area contributed by atoms with E-state index in [2.05, 4.69) is 20.3 Å². The van der Waals surface area contributed by atoms with E-state index in [0.717, 1.165) is 5.69 Å². The van der Waals surface area contributed by atoms with Crippen molar-refractivity contribution in [2.45, 2.75) is 33.1 Å². The maximum absolute atomic E-state index is 12.3. The molecule has 0 aromatic carbocycles. The van der Waals surface area contributed by atoms with Crippen LogP contribution in [0.5, 0.6) is 0 Å². The molecule has 0 atom stereocenters. The van der Waals surface area contributed by atoms with Crippen LogP contribution in [-0.4, -0.2) is 38.5 Å². The number of nitrogens with zero attached hydrogens (tertiary/aromatic N) is 3. The number of carboxylic acid groups (broad SMARTS) is 1. The average molecular weight is 334 g/mol. The highest BCUT2D eigenvalue weighted by Crippen LogP contribution is 2.16. The van der Waals surface area contributed by atoms with E-state index < -0.39 is 5.97 Å². The van der Waals surface area contributed by atoms with E-state index in [1.807, 2.05) is 13.8 Å². The molecule has 0 aliphatic heterocycles. The molecule has 0 aliphatic carbocycles. The van der Waals surface area contributed by atoms with Crippen LogP contribution in [0.1, 0.15) is 57.1 Å². The highest BCUT2D eigenvalue weighted by molar-refractivity contribution is 7.09. The van der Waals surface area contributed by atoms with Crippen molar-refractivity contribution in [1.82, 2.24) is 20.3 Å². The molecule has 0 saturated heterocycles. The Morgan fingerprint density at radius 3 is 2.70 bits per heavy atom. The third kappa shape index (κ3) is 4.32. The van der Waals surface area contributed by atoms with Gasteiger partial charge in [0.1, 0.15) is 5.82 Å². The predicted molar refractivity (Wildman–Crippen MR) is 86.0 cm³/mol. The summed E-state index contributed by atoms with van der Waals surface area (Å²) >= 11 is 1.27. The first-order valence-corrected chi connectivity index (χ1v) is 8.06. The van der Waals surface area contributed by atoms with E-state index >= 15 is 0 Å². The van der Waals surface area contributed by atoms with Gasteiger partial charge in [-0.2, -0.15) is 0 Å². The monoisotopic (exact) mass is 334 g/mol. The summed E-state index contributed by atoms with van der Waals surface area (Å²) in [7, 11) is 0. The van der Waals surface area contributed by atoms with Gasteiger partial charge in [0.2, 0.25) is 0 Å². The third-order valence-electron chi connectivity index (χ3n) is 3.13. The molecule has 122 valence electrons. The second kappa shape index (κ2) is 7.28. The van der Waals surface area contributed by atoms with Crippen LogP contribution in [0.2, 0.25) is 0 Å². The molecule has 2 rings (SSSR count). The highest BCUT2D eigenvalue weighted by atomic mass is 32.1. The van der Waals surface area contributed by atoms with Gasteiger partial charge in [0.05, 0.1) is 16.3 Å². The number of amides is 1. The van der Waals surface area contributed by atoms with Crippen LogP contribution >= 0.6 is 11.3 Å². The third-order valence-corrected chi connectivity index (χ3v) is 4.03. The zero-order valence-electron chi connectivity index (χ0n) is 13.2. The molecule has 0 unspecified atom stereocenters. The fourth-order valence-corrected chi connectivity index (χ4v) is 2.78. The quantitative estimate of drug-likeness (QED) is 0.837. The SMILES string of the molecule is Cc1ncc(C(=O)NCCc2nc(C(=O)O)cs2)c(C(C)C)n1.